The second-order valence-corrected chi connectivity index (χ2v) is 10.2. The average Bonchev–Trinajstić information content (AvgIpc) is 2.90. The van der Waals surface area contributed by atoms with Crippen molar-refractivity contribution in [2.75, 3.05) is 33.4 Å². The number of methoxy groups -OCH3 is 1. The zero-order valence-electron chi connectivity index (χ0n) is 21.4. The Labute approximate surface area is 215 Å². The van der Waals surface area contributed by atoms with Gasteiger partial charge in [0.05, 0.1) is 12.6 Å². The second kappa shape index (κ2) is 11.8. The van der Waals surface area contributed by atoms with Crippen molar-refractivity contribution in [1.29, 1.82) is 0 Å². The minimum atomic E-state index is -1.44. The number of benzene rings is 2. The fraction of sp³-hybridized carbons (Fsp3) is 0.483. The average molecular weight is 519 g/mol. The largest absolute Gasteiger partial charge is 0.497 e. The van der Waals surface area contributed by atoms with Crippen LogP contribution < -0.4 is 4.74 Å². The Morgan fingerprint density at radius 2 is 1.81 bits per heavy atom. The van der Waals surface area contributed by atoms with E-state index in [9.17, 15) is 18.3 Å². The molecule has 0 unspecified atom stereocenters. The lowest BCUT2D eigenvalue weighted by atomic mass is 9.74. The normalized spacial score (nSPS) is 16.7. The molecule has 0 radical (unpaired) electrons. The molecule has 1 fully saturated rings. The van der Waals surface area contributed by atoms with E-state index in [2.05, 4.69) is 9.88 Å². The van der Waals surface area contributed by atoms with Crippen LogP contribution in [0.2, 0.25) is 0 Å². The van der Waals surface area contributed by atoms with E-state index in [1.807, 2.05) is 25.1 Å². The summed E-state index contributed by atoms with van der Waals surface area (Å²) in [6, 6.07) is 7.56. The van der Waals surface area contributed by atoms with Crippen LogP contribution in [-0.2, 0) is 6.42 Å². The third kappa shape index (κ3) is 6.24. The lowest BCUT2D eigenvalue weighted by molar-refractivity contribution is 0.0300. The fourth-order valence-electron chi connectivity index (χ4n) is 5.41. The number of aliphatic hydroxyl groups is 1. The quantitative estimate of drug-likeness (QED) is 0.247. The van der Waals surface area contributed by atoms with Crippen LogP contribution in [0.1, 0.15) is 55.0 Å². The lowest BCUT2D eigenvalue weighted by Gasteiger charge is -2.41. The number of nitrogens with zero attached hydrogens (tertiary/aromatic N) is 2. The molecule has 1 aromatic heterocycles. The molecule has 0 saturated carbocycles. The molecule has 0 bridgehead atoms. The van der Waals surface area contributed by atoms with Crippen molar-refractivity contribution in [3.8, 4) is 5.75 Å². The van der Waals surface area contributed by atoms with E-state index < -0.39 is 23.6 Å². The van der Waals surface area contributed by atoms with Gasteiger partial charge in [0.1, 0.15) is 11.9 Å². The maximum absolute atomic E-state index is 15.7. The lowest BCUT2D eigenvalue weighted by Crippen LogP contribution is -2.42. The van der Waals surface area contributed by atoms with Gasteiger partial charge in [0, 0.05) is 18.2 Å². The summed E-state index contributed by atoms with van der Waals surface area (Å²) in [5.41, 5.74) is 2.24. The molecule has 0 aliphatic carbocycles. The first kappa shape index (κ1) is 27.3. The van der Waals surface area contributed by atoms with Crippen LogP contribution in [-0.4, -0.2) is 48.3 Å². The number of alkyl halides is 1. The number of aliphatic hydroxyl groups excluding tert-OH is 1. The van der Waals surface area contributed by atoms with Gasteiger partial charge >= 0.3 is 0 Å². The molecule has 3 aromatic rings. The number of hydrogen-bond donors (Lipinski definition) is 1. The Hall–Kier alpha value is -2.71. The molecule has 1 N–H and O–H groups in total. The highest BCUT2D eigenvalue weighted by Crippen LogP contribution is 2.41. The maximum atomic E-state index is 15.7. The molecule has 1 aliphatic rings. The summed E-state index contributed by atoms with van der Waals surface area (Å²) in [7, 11) is 1.58. The molecule has 200 valence electrons. The number of aromatic nitrogens is 1. The number of halogens is 4. The van der Waals surface area contributed by atoms with Crippen molar-refractivity contribution in [1.82, 2.24) is 9.88 Å². The van der Waals surface area contributed by atoms with Gasteiger partial charge in [-0.05, 0) is 118 Å². The van der Waals surface area contributed by atoms with E-state index >= 15 is 4.39 Å². The van der Waals surface area contributed by atoms with Crippen molar-refractivity contribution < 1.29 is 27.4 Å². The van der Waals surface area contributed by atoms with Crippen LogP contribution in [0.4, 0.5) is 17.6 Å². The molecule has 1 aliphatic heterocycles. The van der Waals surface area contributed by atoms with Crippen molar-refractivity contribution in [2.24, 2.45) is 5.41 Å². The molecule has 2 heterocycles. The van der Waals surface area contributed by atoms with Gasteiger partial charge in [0.25, 0.3) is 0 Å². The van der Waals surface area contributed by atoms with Gasteiger partial charge in [0.2, 0.25) is 0 Å². The Morgan fingerprint density at radius 3 is 2.46 bits per heavy atom. The van der Waals surface area contributed by atoms with Gasteiger partial charge in [-0.25, -0.2) is 17.6 Å². The molecule has 4 nitrogen and oxygen atoms in total. The molecular formula is C29H34F4N2O2. The molecule has 2 aromatic carbocycles. The predicted octanol–water partition coefficient (Wildman–Crippen LogP) is 6.47. The van der Waals surface area contributed by atoms with Gasteiger partial charge in [-0.2, -0.15) is 0 Å². The number of likely N-dealkylation sites (tertiary alicyclic amines) is 1. The van der Waals surface area contributed by atoms with Crippen molar-refractivity contribution in [2.45, 2.75) is 51.6 Å². The van der Waals surface area contributed by atoms with E-state index in [1.54, 1.807) is 13.3 Å². The number of rotatable bonds is 10. The van der Waals surface area contributed by atoms with Gasteiger partial charge < -0.3 is 14.7 Å². The highest BCUT2D eigenvalue weighted by molar-refractivity contribution is 5.84. The Morgan fingerprint density at radius 1 is 1.11 bits per heavy atom. The van der Waals surface area contributed by atoms with E-state index in [0.717, 1.165) is 61.1 Å². The molecule has 37 heavy (non-hydrogen) atoms. The molecular weight excluding hydrogens is 484 g/mol. The molecule has 8 heteroatoms. The monoisotopic (exact) mass is 518 g/mol. The first-order valence-corrected chi connectivity index (χ1v) is 12.8. The summed E-state index contributed by atoms with van der Waals surface area (Å²) in [6.07, 6.45) is 4.02. The highest BCUT2D eigenvalue weighted by atomic mass is 19.2. The first-order valence-electron chi connectivity index (χ1n) is 12.8. The van der Waals surface area contributed by atoms with Crippen molar-refractivity contribution in [3.05, 3.63) is 70.7 Å². The summed E-state index contributed by atoms with van der Waals surface area (Å²) in [5, 5.41) is 11.0. The second-order valence-electron chi connectivity index (χ2n) is 10.2. The van der Waals surface area contributed by atoms with Gasteiger partial charge in [-0.1, -0.05) is 0 Å². The number of pyridine rings is 1. The summed E-state index contributed by atoms with van der Waals surface area (Å²) >= 11 is 0. The predicted molar refractivity (Wildman–Crippen MR) is 136 cm³/mol. The topological polar surface area (TPSA) is 45.6 Å². The number of piperidine rings is 1. The summed E-state index contributed by atoms with van der Waals surface area (Å²) in [6.45, 7) is 4.13. The van der Waals surface area contributed by atoms with E-state index in [1.165, 1.54) is 0 Å². The number of ether oxygens (including phenoxy) is 1. The fourth-order valence-corrected chi connectivity index (χ4v) is 5.41. The van der Waals surface area contributed by atoms with Crippen LogP contribution >= 0.6 is 0 Å². The molecule has 1 saturated heterocycles. The van der Waals surface area contributed by atoms with Gasteiger partial charge in [0.15, 0.2) is 17.5 Å². The molecule has 0 amide bonds. The minimum absolute atomic E-state index is 0.00555. The highest BCUT2D eigenvalue weighted by Gasteiger charge is 2.35. The van der Waals surface area contributed by atoms with Crippen LogP contribution in [0.5, 0.6) is 5.75 Å². The number of hydrogen-bond acceptors (Lipinski definition) is 4. The van der Waals surface area contributed by atoms with E-state index in [-0.39, 0.29) is 12.0 Å². The van der Waals surface area contributed by atoms with Crippen LogP contribution in [0.15, 0.2) is 36.5 Å². The number of aryl methyl sites for hydroxylation is 2. The Kier molecular flexibility index (Phi) is 8.70. The SMILES string of the molecule is COc1ccc2ncc(C)c([C@@H](F)CCC3(CO)CCN(CCCc4cc(F)c(F)c(F)c4)CC3)c2c1. The van der Waals surface area contributed by atoms with E-state index in [4.69, 9.17) is 4.74 Å². The molecule has 1 atom stereocenters. The summed E-state index contributed by atoms with van der Waals surface area (Å²) < 4.78 is 61.0. The van der Waals surface area contributed by atoms with E-state index in [0.29, 0.717) is 42.6 Å². The van der Waals surface area contributed by atoms with Crippen LogP contribution in [0, 0.1) is 29.8 Å². The Balaban J connectivity index is 1.32. The van der Waals surface area contributed by atoms with Gasteiger partial charge in [-0.15, -0.1) is 0 Å². The zero-order chi connectivity index (χ0) is 26.6. The van der Waals surface area contributed by atoms with Crippen molar-refractivity contribution >= 4 is 10.9 Å². The molecule has 0 spiro atoms. The third-order valence-electron chi connectivity index (χ3n) is 7.79. The number of fused-ring (bicyclic) bond motifs is 1. The van der Waals surface area contributed by atoms with Gasteiger partial charge in [-0.3, -0.25) is 4.98 Å². The van der Waals surface area contributed by atoms with Crippen LogP contribution in [0.3, 0.4) is 0 Å². The third-order valence-corrected chi connectivity index (χ3v) is 7.79. The smallest absolute Gasteiger partial charge is 0.194 e. The summed E-state index contributed by atoms with van der Waals surface area (Å²) in [4.78, 5) is 6.68. The maximum Gasteiger partial charge on any atom is 0.194 e. The standard InChI is InChI=1S/C29H34F4N2O2/c1-19-17-34-26-6-5-21(37-2)16-22(26)27(19)23(30)7-8-29(18-36)9-12-35(13-10-29)11-3-4-20-14-24(31)28(33)25(32)15-20/h5-6,14-17,23,36H,3-4,7-13,18H2,1-2H3/t23-/m0/s1. The zero-order valence-corrected chi connectivity index (χ0v) is 21.4. The minimum Gasteiger partial charge on any atom is -0.497 e. The van der Waals surface area contributed by atoms with Crippen molar-refractivity contribution in [3.63, 3.8) is 0 Å². The van der Waals surface area contributed by atoms with Crippen LogP contribution in [0.25, 0.3) is 10.9 Å². The summed E-state index contributed by atoms with van der Waals surface area (Å²) in [5.74, 6) is -3.12. The first-order chi connectivity index (χ1) is 17.7. The molecule has 4 rings (SSSR count). The Bertz CT molecular complexity index is 1200.